The number of aromatic nitrogens is 1. The zero-order valence-corrected chi connectivity index (χ0v) is 15.0. The Bertz CT molecular complexity index is 926. The average molecular weight is 394 g/mol. The molecule has 2 aromatic carbocycles. The Morgan fingerprint density at radius 3 is 2.52 bits per heavy atom. The van der Waals surface area contributed by atoms with Crippen molar-refractivity contribution < 1.29 is 4.79 Å². The molecule has 0 bridgehead atoms. The second-order valence-electron chi connectivity index (χ2n) is 5.50. The second-order valence-corrected chi connectivity index (χ2v) is 6.36. The van der Waals surface area contributed by atoms with Crippen molar-refractivity contribution in [2.75, 3.05) is 6.54 Å². The number of amides is 1. The van der Waals surface area contributed by atoms with Crippen LogP contribution in [0.4, 0.5) is 0 Å². The fourth-order valence-electron chi connectivity index (χ4n) is 2.65. The summed E-state index contributed by atoms with van der Waals surface area (Å²) < 4.78 is 2.59. The first-order valence-electron chi connectivity index (χ1n) is 7.89. The van der Waals surface area contributed by atoms with Crippen LogP contribution in [-0.4, -0.2) is 17.0 Å². The summed E-state index contributed by atoms with van der Waals surface area (Å²) in [5.41, 5.74) is 2.68. The molecule has 0 aliphatic carbocycles. The van der Waals surface area contributed by atoms with Crippen LogP contribution in [0.15, 0.2) is 71.3 Å². The van der Waals surface area contributed by atoms with Crippen molar-refractivity contribution in [1.82, 2.24) is 9.88 Å². The van der Waals surface area contributed by atoms with Crippen LogP contribution in [0.1, 0.15) is 21.6 Å². The molecule has 0 fully saturated rings. The molecule has 0 saturated carbocycles. The summed E-state index contributed by atoms with van der Waals surface area (Å²) in [6, 6.07) is 21.3. The molecule has 4 nitrogen and oxygen atoms in total. The summed E-state index contributed by atoms with van der Waals surface area (Å²) in [4.78, 5) is 12.7. The number of nitriles is 1. The third-order valence-corrected chi connectivity index (χ3v) is 4.55. The lowest BCUT2D eigenvalue weighted by molar-refractivity contribution is 0.0947. The van der Waals surface area contributed by atoms with Crippen molar-refractivity contribution in [2.24, 2.45) is 0 Å². The predicted molar refractivity (Wildman–Crippen MR) is 101 cm³/mol. The van der Waals surface area contributed by atoms with E-state index in [1.54, 1.807) is 16.8 Å². The van der Waals surface area contributed by atoms with Gasteiger partial charge >= 0.3 is 0 Å². The van der Waals surface area contributed by atoms with Crippen LogP contribution >= 0.6 is 15.9 Å². The van der Waals surface area contributed by atoms with Gasteiger partial charge in [-0.25, -0.2) is 0 Å². The summed E-state index contributed by atoms with van der Waals surface area (Å²) in [6.45, 7) is 0.509. The van der Waals surface area contributed by atoms with Crippen molar-refractivity contribution in [3.05, 3.63) is 88.2 Å². The van der Waals surface area contributed by atoms with E-state index in [1.807, 2.05) is 54.6 Å². The van der Waals surface area contributed by atoms with E-state index in [1.165, 1.54) is 0 Å². The van der Waals surface area contributed by atoms with Gasteiger partial charge in [0.15, 0.2) is 0 Å². The SMILES string of the molecule is N#Cc1ccn(-c2ccccc2Br)c1C(=O)NCCc1ccccc1. The Labute approximate surface area is 154 Å². The Kier molecular flexibility index (Phi) is 5.32. The normalized spacial score (nSPS) is 10.2. The number of benzene rings is 2. The van der Waals surface area contributed by atoms with Gasteiger partial charge in [0.2, 0.25) is 0 Å². The highest BCUT2D eigenvalue weighted by molar-refractivity contribution is 9.10. The molecular weight excluding hydrogens is 378 g/mol. The fraction of sp³-hybridized carbons (Fsp3) is 0.100. The molecule has 0 saturated heterocycles. The zero-order chi connectivity index (χ0) is 17.6. The van der Waals surface area contributed by atoms with E-state index in [0.29, 0.717) is 17.8 Å². The highest BCUT2D eigenvalue weighted by Gasteiger charge is 2.18. The van der Waals surface area contributed by atoms with E-state index in [0.717, 1.165) is 22.1 Å². The molecule has 0 atom stereocenters. The Morgan fingerprint density at radius 1 is 1.08 bits per heavy atom. The fourth-order valence-corrected chi connectivity index (χ4v) is 3.13. The molecule has 1 heterocycles. The van der Waals surface area contributed by atoms with Gasteiger partial charge in [-0.1, -0.05) is 42.5 Å². The summed E-state index contributed by atoms with van der Waals surface area (Å²) >= 11 is 3.50. The van der Waals surface area contributed by atoms with Gasteiger partial charge in [0.1, 0.15) is 11.8 Å². The van der Waals surface area contributed by atoms with Gasteiger partial charge in [-0.2, -0.15) is 5.26 Å². The lowest BCUT2D eigenvalue weighted by Crippen LogP contribution is -2.28. The minimum absolute atomic E-state index is 0.256. The molecule has 1 N–H and O–H groups in total. The largest absolute Gasteiger partial charge is 0.350 e. The Balaban J connectivity index is 1.81. The van der Waals surface area contributed by atoms with Gasteiger partial charge in [0.05, 0.1) is 11.3 Å². The molecule has 0 unspecified atom stereocenters. The lowest BCUT2D eigenvalue weighted by Gasteiger charge is -2.12. The molecular formula is C20H16BrN3O. The number of halogens is 1. The van der Waals surface area contributed by atoms with Gasteiger partial charge in [0.25, 0.3) is 5.91 Å². The molecule has 0 aliphatic heterocycles. The smallest absolute Gasteiger partial charge is 0.269 e. The first kappa shape index (κ1) is 17.0. The van der Waals surface area contributed by atoms with Crippen LogP contribution in [0.3, 0.4) is 0 Å². The van der Waals surface area contributed by atoms with Crippen LogP contribution in [0.5, 0.6) is 0 Å². The molecule has 5 heteroatoms. The summed E-state index contributed by atoms with van der Waals surface area (Å²) in [6.07, 6.45) is 2.48. The number of carbonyl (C=O) groups excluding carboxylic acids is 1. The van der Waals surface area contributed by atoms with Crippen LogP contribution in [0.25, 0.3) is 5.69 Å². The van der Waals surface area contributed by atoms with Gasteiger partial charge in [0, 0.05) is 17.2 Å². The topological polar surface area (TPSA) is 57.8 Å². The van der Waals surface area contributed by atoms with E-state index in [9.17, 15) is 10.1 Å². The maximum atomic E-state index is 12.7. The first-order valence-corrected chi connectivity index (χ1v) is 8.68. The average Bonchev–Trinajstić information content (AvgIpc) is 3.07. The van der Waals surface area contributed by atoms with Gasteiger partial charge < -0.3 is 9.88 Å². The molecule has 1 aromatic heterocycles. The van der Waals surface area contributed by atoms with E-state index in [4.69, 9.17) is 0 Å². The molecule has 124 valence electrons. The number of hydrogen-bond acceptors (Lipinski definition) is 2. The monoisotopic (exact) mass is 393 g/mol. The molecule has 0 aliphatic rings. The van der Waals surface area contributed by atoms with Crippen LogP contribution < -0.4 is 5.32 Å². The van der Waals surface area contributed by atoms with Gasteiger partial charge in [-0.05, 0) is 46.1 Å². The molecule has 0 radical (unpaired) electrons. The number of nitrogens with one attached hydrogen (secondary N) is 1. The van der Waals surface area contributed by atoms with E-state index in [-0.39, 0.29) is 5.91 Å². The van der Waals surface area contributed by atoms with Crippen molar-refractivity contribution in [3.8, 4) is 11.8 Å². The van der Waals surface area contributed by atoms with Crippen molar-refractivity contribution in [2.45, 2.75) is 6.42 Å². The molecule has 3 aromatic rings. The van der Waals surface area contributed by atoms with Crippen LogP contribution in [-0.2, 0) is 6.42 Å². The quantitative estimate of drug-likeness (QED) is 0.709. The Morgan fingerprint density at radius 2 is 1.80 bits per heavy atom. The van der Waals surface area contributed by atoms with Crippen molar-refractivity contribution >= 4 is 21.8 Å². The third-order valence-electron chi connectivity index (χ3n) is 3.88. The van der Waals surface area contributed by atoms with E-state index >= 15 is 0 Å². The molecule has 0 spiro atoms. The number of rotatable bonds is 5. The van der Waals surface area contributed by atoms with Crippen LogP contribution in [0.2, 0.25) is 0 Å². The zero-order valence-electron chi connectivity index (χ0n) is 13.4. The third kappa shape index (κ3) is 3.81. The molecule has 1 amide bonds. The number of para-hydroxylation sites is 1. The predicted octanol–water partition coefficient (Wildman–Crippen LogP) is 4.08. The lowest BCUT2D eigenvalue weighted by atomic mass is 10.1. The summed E-state index contributed by atoms with van der Waals surface area (Å²) in [7, 11) is 0. The number of hydrogen-bond donors (Lipinski definition) is 1. The van der Waals surface area contributed by atoms with E-state index in [2.05, 4.69) is 27.3 Å². The second kappa shape index (κ2) is 7.82. The van der Waals surface area contributed by atoms with Gasteiger partial charge in [-0.15, -0.1) is 0 Å². The van der Waals surface area contributed by atoms with Gasteiger partial charge in [-0.3, -0.25) is 4.79 Å². The summed E-state index contributed by atoms with van der Waals surface area (Å²) in [5, 5.41) is 12.3. The minimum atomic E-state index is -0.256. The molecule has 25 heavy (non-hydrogen) atoms. The van der Waals surface area contributed by atoms with Crippen molar-refractivity contribution in [1.29, 1.82) is 5.26 Å². The highest BCUT2D eigenvalue weighted by Crippen LogP contribution is 2.24. The Hall–Kier alpha value is -2.84. The standard InChI is InChI=1S/C20H16BrN3O/c21-17-8-4-5-9-18(17)24-13-11-16(14-22)19(24)20(25)23-12-10-15-6-2-1-3-7-15/h1-9,11,13H,10,12H2,(H,23,25). The maximum Gasteiger partial charge on any atom is 0.269 e. The molecule has 3 rings (SSSR count). The summed E-state index contributed by atoms with van der Waals surface area (Å²) in [5.74, 6) is -0.256. The number of nitrogens with zero attached hydrogens (tertiary/aromatic N) is 2. The minimum Gasteiger partial charge on any atom is -0.350 e. The van der Waals surface area contributed by atoms with Crippen molar-refractivity contribution in [3.63, 3.8) is 0 Å². The first-order chi connectivity index (χ1) is 12.2. The highest BCUT2D eigenvalue weighted by atomic mass is 79.9. The number of carbonyl (C=O) groups is 1. The maximum absolute atomic E-state index is 12.7. The van der Waals surface area contributed by atoms with E-state index < -0.39 is 0 Å². The van der Waals surface area contributed by atoms with Crippen LogP contribution in [0, 0.1) is 11.3 Å².